The highest BCUT2D eigenvalue weighted by atomic mass is 16.6. The predicted octanol–water partition coefficient (Wildman–Crippen LogP) is 2.66. The lowest BCUT2D eigenvalue weighted by Gasteiger charge is -2.24. The van der Waals surface area contributed by atoms with E-state index in [4.69, 9.17) is 10.3 Å². The van der Waals surface area contributed by atoms with Crippen LogP contribution in [0.2, 0.25) is 0 Å². The second kappa shape index (κ2) is 6.01. The molecule has 7 nitrogen and oxygen atoms in total. The minimum atomic E-state index is -0.445. The maximum atomic E-state index is 10.6. The van der Waals surface area contributed by atoms with Gasteiger partial charge in [-0.1, -0.05) is 19.0 Å². The quantitative estimate of drug-likeness (QED) is 0.647. The number of nitrogens with zero attached hydrogens (tertiary/aromatic N) is 3. The van der Waals surface area contributed by atoms with Crippen molar-refractivity contribution in [1.82, 2.24) is 10.1 Å². The Bertz CT molecular complexity index is 609. The molecule has 0 aliphatic carbocycles. The minimum absolute atomic E-state index is 0.0286. The van der Waals surface area contributed by atoms with Crippen molar-refractivity contribution < 1.29 is 9.45 Å². The van der Waals surface area contributed by atoms with E-state index in [1.807, 2.05) is 13.8 Å². The van der Waals surface area contributed by atoms with Gasteiger partial charge in [0.1, 0.15) is 0 Å². The average molecular weight is 290 g/mol. The summed E-state index contributed by atoms with van der Waals surface area (Å²) in [5.74, 6) is 0.933. The highest BCUT2D eigenvalue weighted by Gasteiger charge is 2.33. The standard InChI is InChI=1S/C14H18N4O3/c1-3-14(4-2,9-15)13-16-12(17-21-13)10-5-7-11(8-6-10)18(19)20/h5-8H,3-4,9,15H2,1-2H3. The van der Waals surface area contributed by atoms with Crippen molar-refractivity contribution in [3.05, 3.63) is 40.3 Å². The Kier molecular flexibility index (Phi) is 4.32. The van der Waals surface area contributed by atoms with E-state index < -0.39 is 4.92 Å². The molecule has 0 aliphatic heterocycles. The summed E-state index contributed by atoms with van der Waals surface area (Å²) in [5, 5.41) is 14.6. The zero-order valence-corrected chi connectivity index (χ0v) is 12.1. The van der Waals surface area contributed by atoms with Gasteiger partial charge in [0.05, 0.1) is 10.3 Å². The highest BCUT2D eigenvalue weighted by Crippen LogP contribution is 2.31. The van der Waals surface area contributed by atoms with Crippen LogP contribution in [0.3, 0.4) is 0 Å². The van der Waals surface area contributed by atoms with Crippen LogP contribution >= 0.6 is 0 Å². The summed E-state index contributed by atoms with van der Waals surface area (Å²) >= 11 is 0. The summed E-state index contributed by atoms with van der Waals surface area (Å²) in [7, 11) is 0. The predicted molar refractivity (Wildman–Crippen MR) is 77.7 cm³/mol. The van der Waals surface area contributed by atoms with Crippen molar-refractivity contribution in [2.75, 3.05) is 6.54 Å². The summed E-state index contributed by atoms with van der Waals surface area (Å²) in [6.45, 7) is 4.50. The molecule has 2 aromatic rings. The molecule has 112 valence electrons. The Morgan fingerprint density at radius 1 is 1.29 bits per heavy atom. The van der Waals surface area contributed by atoms with Crippen molar-refractivity contribution in [3.8, 4) is 11.4 Å². The Balaban J connectivity index is 2.33. The Hall–Kier alpha value is -2.28. The molecule has 0 atom stereocenters. The van der Waals surface area contributed by atoms with Crippen LogP contribution in [-0.4, -0.2) is 21.6 Å². The van der Waals surface area contributed by atoms with E-state index in [-0.39, 0.29) is 11.1 Å². The fourth-order valence-electron chi connectivity index (χ4n) is 2.22. The molecule has 0 spiro atoms. The molecule has 0 bridgehead atoms. The van der Waals surface area contributed by atoms with Gasteiger partial charge in [0.15, 0.2) is 0 Å². The van der Waals surface area contributed by atoms with Crippen molar-refractivity contribution in [1.29, 1.82) is 0 Å². The lowest BCUT2D eigenvalue weighted by atomic mass is 9.82. The van der Waals surface area contributed by atoms with Crippen LogP contribution in [-0.2, 0) is 5.41 Å². The average Bonchev–Trinajstić information content (AvgIpc) is 3.00. The Morgan fingerprint density at radius 3 is 2.38 bits per heavy atom. The van der Waals surface area contributed by atoms with Gasteiger partial charge in [-0.3, -0.25) is 10.1 Å². The Morgan fingerprint density at radius 2 is 1.90 bits per heavy atom. The molecule has 1 aromatic carbocycles. The van der Waals surface area contributed by atoms with Crippen molar-refractivity contribution >= 4 is 5.69 Å². The number of nitrogens with two attached hydrogens (primary N) is 1. The maximum Gasteiger partial charge on any atom is 0.269 e. The zero-order valence-electron chi connectivity index (χ0n) is 12.1. The van der Waals surface area contributed by atoms with Gasteiger partial charge in [0.2, 0.25) is 11.7 Å². The van der Waals surface area contributed by atoms with Gasteiger partial charge in [-0.05, 0) is 25.0 Å². The lowest BCUT2D eigenvalue weighted by Crippen LogP contribution is -2.34. The van der Waals surface area contributed by atoms with E-state index in [0.717, 1.165) is 12.8 Å². The summed E-state index contributed by atoms with van der Waals surface area (Å²) < 4.78 is 5.36. The van der Waals surface area contributed by atoms with E-state index in [1.165, 1.54) is 12.1 Å². The first-order valence-electron chi connectivity index (χ1n) is 6.85. The summed E-state index contributed by atoms with van der Waals surface area (Å²) in [6.07, 6.45) is 1.61. The van der Waals surface area contributed by atoms with Crippen molar-refractivity contribution in [2.45, 2.75) is 32.1 Å². The normalized spacial score (nSPS) is 11.6. The first-order chi connectivity index (χ1) is 10.1. The molecular weight excluding hydrogens is 272 g/mol. The van der Waals surface area contributed by atoms with Crippen LogP contribution < -0.4 is 5.73 Å². The van der Waals surface area contributed by atoms with Crippen LogP contribution in [0.25, 0.3) is 11.4 Å². The molecule has 7 heteroatoms. The van der Waals surface area contributed by atoms with Gasteiger partial charge < -0.3 is 10.3 Å². The molecule has 0 aliphatic rings. The molecule has 1 aromatic heterocycles. The maximum absolute atomic E-state index is 10.6. The monoisotopic (exact) mass is 290 g/mol. The number of hydrogen-bond acceptors (Lipinski definition) is 6. The highest BCUT2D eigenvalue weighted by molar-refractivity contribution is 5.56. The molecule has 1 heterocycles. The number of aromatic nitrogens is 2. The van der Waals surface area contributed by atoms with E-state index in [1.54, 1.807) is 12.1 Å². The second-order valence-corrected chi connectivity index (χ2v) is 4.92. The molecule has 0 radical (unpaired) electrons. The van der Waals surface area contributed by atoms with Crippen LogP contribution in [0.15, 0.2) is 28.8 Å². The molecule has 21 heavy (non-hydrogen) atoms. The van der Waals surface area contributed by atoms with Crippen LogP contribution in [0.4, 0.5) is 5.69 Å². The van der Waals surface area contributed by atoms with E-state index in [0.29, 0.717) is 23.8 Å². The molecule has 0 fully saturated rings. The van der Waals surface area contributed by atoms with E-state index in [2.05, 4.69) is 10.1 Å². The SMILES string of the molecule is CCC(CC)(CN)c1nc(-c2ccc([N+](=O)[O-])cc2)no1. The third-order valence-electron chi connectivity index (χ3n) is 3.96. The van der Waals surface area contributed by atoms with Gasteiger partial charge in [0.25, 0.3) is 5.69 Å². The molecule has 0 saturated heterocycles. The topological polar surface area (TPSA) is 108 Å². The number of nitro benzene ring substituents is 1. The lowest BCUT2D eigenvalue weighted by molar-refractivity contribution is -0.384. The second-order valence-electron chi connectivity index (χ2n) is 4.92. The van der Waals surface area contributed by atoms with Crippen LogP contribution in [0, 0.1) is 10.1 Å². The molecular formula is C14H18N4O3. The summed E-state index contributed by atoms with van der Waals surface area (Å²) in [4.78, 5) is 14.6. The summed E-state index contributed by atoms with van der Waals surface area (Å²) in [5.41, 5.74) is 6.25. The van der Waals surface area contributed by atoms with Gasteiger partial charge in [-0.15, -0.1) is 0 Å². The number of nitro groups is 1. The fourth-order valence-corrected chi connectivity index (χ4v) is 2.22. The Labute approximate surface area is 122 Å². The number of benzene rings is 1. The van der Waals surface area contributed by atoms with Crippen molar-refractivity contribution in [2.24, 2.45) is 5.73 Å². The van der Waals surface area contributed by atoms with Crippen LogP contribution in [0.5, 0.6) is 0 Å². The van der Waals surface area contributed by atoms with Gasteiger partial charge in [0, 0.05) is 24.2 Å². The third kappa shape index (κ3) is 2.78. The number of non-ortho nitro benzene ring substituents is 1. The largest absolute Gasteiger partial charge is 0.338 e. The fraction of sp³-hybridized carbons (Fsp3) is 0.429. The van der Waals surface area contributed by atoms with Gasteiger partial charge in [-0.2, -0.15) is 4.98 Å². The molecule has 0 saturated carbocycles. The summed E-state index contributed by atoms with van der Waals surface area (Å²) in [6, 6.07) is 6.05. The molecule has 2 rings (SSSR count). The zero-order chi connectivity index (χ0) is 15.5. The molecule has 0 amide bonds. The molecule has 2 N–H and O–H groups in total. The van der Waals surface area contributed by atoms with Crippen molar-refractivity contribution in [3.63, 3.8) is 0 Å². The van der Waals surface area contributed by atoms with E-state index >= 15 is 0 Å². The first kappa shape index (κ1) is 15.1. The third-order valence-corrected chi connectivity index (χ3v) is 3.96. The van der Waals surface area contributed by atoms with Crippen LogP contribution in [0.1, 0.15) is 32.6 Å². The van der Waals surface area contributed by atoms with Gasteiger partial charge in [-0.25, -0.2) is 0 Å². The molecule has 0 unspecified atom stereocenters. The number of rotatable bonds is 6. The first-order valence-corrected chi connectivity index (χ1v) is 6.85. The minimum Gasteiger partial charge on any atom is -0.338 e. The smallest absolute Gasteiger partial charge is 0.269 e. The van der Waals surface area contributed by atoms with E-state index in [9.17, 15) is 10.1 Å². The van der Waals surface area contributed by atoms with Gasteiger partial charge >= 0.3 is 0 Å². The number of hydrogen-bond donors (Lipinski definition) is 1.